The first-order valence-electron chi connectivity index (χ1n) is 12.0. The van der Waals surface area contributed by atoms with Gasteiger partial charge in [-0.05, 0) is 37.8 Å². The first-order valence-corrected chi connectivity index (χ1v) is 13.1. The number of hydrogen-bond donors (Lipinski definition) is 3. The summed E-state index contributed by atoms with van der Waals surface area (Å²) in [6.07, 6.45) is 7.37. The topological polar surface area (TPSA) is 151 Å². The van der Waals surface area contributed by atoms with E-state index in [0.29, 0.717) is 17.9 Å². The van der Waals surface area contributed by atoms with Gasteiger partial charge in [-0.1, -0.05) is 17.3 Å². The number of pyridine rings is 2. The van der Waals surface area contributed by atoms with Crippen molar-refractivity contribution in [3.05, 3.63) is 65.8 Å². The van der Waals surface area contributed by atoms with Crippen molar-refractivity contribution in [1.29, 1.82) is 0 Å². The first-order chi connectivity index (χ1) is 17.9. The molecule has 4 heterocycles. The van der Waals surface area contributed by atoms with Gasteiger partial charge >= 0.3 is 5.97 Å². The number of hydrogen-bond acceptors (Lipinski definition) is 8. The van der Waals surface area contributed by atoms with Crippen LogP contribution in [0.3, 0.4) is 0 Å². The van der Waals surface area contributed by atoms with Crippen molar-refractivity contribution in [2.75, 3.05) is 11.5 Å². The van der Waals surface area contributed by atoms with E-state index in [9.17, 15) is 19.5 Å². The van der Waals surface area contributed by atoms with E-state index in [2.05, 4.69) is 15.5 Å². The zero-order valence-corrected chi connectivity index (χ0v) is 20.8. The minimum atomic E-state index is -1.17. The summed E-state index contributed by atoms with van der Waals surface area (Å²) in [4.78, 5) is 49.6. The number of carboxylic acids is 1. The number of nitrogen functional groups attached to an aromatic ring is 1. The molecule has 4 N–H and O–H groups in total. The lowest BCUT2D eigenvalue weighted by Gasteiger charge is -2.49. The molecule has 1 unspecified atom stereocenters. The fourth-order valence-corrected chi connectivity index (χ4v) is 6.02. The number of thioether (sulfide) groups is 1. The standard InChI is InChI=1S/C25H26N6O5S/c26-18-10-6-9-17(27-18)19(29-36-16-7-2-3-8-16)22(32)28-20-23(33)31-21(25(34)35)15(14-37-24(20)31)13-30-11-4-1-5-12-30/h1,4-6,9-12,16,20,24H,2-3,7-8,13-14H2,(H3-,26,27,28,32,34,35)/p+1/b29-19-/t20?,24-/m0/s1. The van der Waals surface area contributed by atoms with Crippen molar-refractivity contribution in [2.24, 2.45) is 5.16 Å². The summed E-state index contributed by atoms with van der Waals surface area (Å²) < 4.78 is 1.86. The summed E-state index contributed by atoms with van der Waals surface area (Å²) in [5, 5.41) is 16.2. The Balaban J connectivity index is 1.35. The molecule has 0 aromatic carbocycles. The molecule has 192 valence electrons. The number of carboxylic acid groups (broad SMARTS) is 1. The SMILES string of the molecule is Nc1cccc(/C(=N/OC2CCCC2)C(=O)NC2C(=O)N3C(C(=O)O)=C(C[n+]4ccccc4)CS[C@@H]23)n1. The van der Waals surface area contributed by atoms with Crippen LogP contribution in [0.1, 0.15) is 31.4 Å². The molecule has 0 radical (unpaired) electrons. The number of anilines is 1. The third-order valence-corrected chi connectivity index (χ3v) is 7.85. The number of nitrogens with one attached hydrogen (secondary N) is 1. The lowest BCUT2D eigenvalue weighted by Crippen LogP contribution is -2.71. The van der Waals surface area contributed by atoms with Crippen LogP contribution in [0.2, 0.25) is 0 Å². The maximum absolute atomic E-state index is 13.3. The highest BCUT2D eigenvalue weighted by Gasteiger charge is 2.54. The number of aromatic nitrogens is 2. The molecule has 2 aromatic heterocycles. The van der Waals surface area contributed by atoms with E-state index in [0.717, 1.165) is 25.7 Å². The Morgan fingerprint density at radius 2 is 1.97 bits per heavy atom. The minimum Gasteiger partial charge on any atom is -0.477 e. The summed E-state index contributed by atoms with van der Waals surface area (Å²) in [7, 11) is 0. The smallest absolute Gasteiger partial charge is 0.352 e. The van der Waals surface area contributed by atoms with E-state index in [1.165, 1.54) is 16.7 Å². The van der Waals surface area contributed by atoms with Gasteiger partial charge in [0.05, 0.1) is 0 Å². The number of nitrogens with two attached hydrogens (primary N) is 1. The second-order valence-electron chi connectivity index (χ2n) is 9.07. The monoisotopic (exact) mass is 523 g/mol. The van der Waals surface area contributed by atoms with Gasteiger partial charge in [-0.15, -0.1) is 11.8 Å². The van der Waals surface area contributed by atoms with Crippen LogP contribution in [0, 0.1) is 0 Å². The van der Waals surface area contributed by atoms with Gasteiger partial charge in [0.1, 0.15) is 34.7 Å². The van der Waals surface area contributed by atoms with Gasteiger partial charge in [0, 0.05) is 23.5 Å². The summed E-state index contributed by atoms with van der Waals surface area (Å²) in [6, 6.07) is 9.51. The van der Waals surface area contributed by atoms with Crippen LogP contribution < -0.4 is 15.6 Å². The molecule has 1 aliphatic carbocycles. The number of aliphatic carboxylic acids is 1. The summed E-state index contributed by atoms with van der Waals surface area (Å²) in [5.74, 6) is -1.68. The van der Waals surface area contributed by atoms with Crippen molar-refractivity contribution in [2.45, 2.75) is 49.7 Å². The summed E-state index contributed by atoms with van der Waals surface area (Å²) in [6.45, 7) is 0.347. The summed E-state index contributed by atoms with van der Waals surface area (Å²) >= 11 is 1.41. The third kappa shape index (κ3) is 5.15. The molecule has 37 heavy (non-hydrogen) atoms. The van der Waals surface area contributed by atoms with E-state index >= 15 is 0 Å². The Labute approximate surface area is 217 Å². The van der Waals surface area contributed by atoms with Crippen LogP contribution in [-0.2, 0) is 25.8 Å². The second kappa shape index (κ2) is 10.6. The average Bonchev–Trinajstić information content (AvgIpc) is 3.41. The van der Waals surface area contributed by atoms with Crippen molar-refractivity contribution >= 4 is 41.1 Å². The molecule has 3 aliphatic rings. The molecule has 2 amide bonds. The lowest BCUT2D eigenvalue weighted by atomic mass is 10.0. The first kappa shape index (κ1) is 24.8. The van der Waals surface area contributed by atoms with Crippen LogP contribution in [0.25, 0.3) is 0 Å². The molecule has 1 saturated carbocycles. The Bertz CT molecular complexity index is 1280. The number of rotatable bonds is 8. The predicted octanol–water partition coefficient (Wildman–Crippen LogP) is 1.05. The van der Waals surface area contributed by atoms with Crippen molar-refractivity contribution in [3.8, 4) is 0 Å². The number of nitrogens with zero attached hydrogens (tertiary/aromatic N) is 4. The normalized spacial score (nSPS) is 21.9. The number of oxime groups is 1. The van der Waals surface area contributed by atoms with E-state index in [1.807, 2.05) is 35.2 Å². The van der Waals surface area contributed by atoms with Gasteiger partial charge in [-0.3, -0.25) is 14.5 Å². The van der Waals surface area contributed by atoms with E-state index in [4.69, 9.17) is 10.6 Å². The molecule has 0 spiro atoms. The third-order valence-electron chi connectivity index (χ3n) is 6.51. The van der Waals surface area contributed by atoms with Gasteiger partial charge in [0.2, 0.25) is 0 Å². The van der Waals surface area contributed by atoms with Gasteiger partial charge in [0.25, 0.3) is 11.8 Å². The van der Waals surface area contributed by atoms with E-state index in [1.54, 1.807) is 18.2 Å². The maximum atomic E-state index is 13.3. The molecule has 2 fully saturated rings. The van der Waals surface area contributed by atoms with Crippen LogP contribution in [0.4, 0.5) is 5.82 Å². The maximum Gasteiger partial charge on any atom is 0.352 e. The molecule has 0 bridgehead atoms. The Morgan fingerprint density at radius 1 is 1.22 bits per heavy atom. The molecule has 1 saturated heterocycles. The zero-order chi connectivity index (χ0) is 25.9. The molecule has 2 aliphatic heterocycles. The van der Waals surface area contributed by atoms with Crippen molar-refractivity contribution in [3.63, 3.8) is 0 Å². The fourth-order valence-electron chi connectivity index (χ4n) is 4.68. The van der Waals surface area contributed by atoms with Gasteiger partial charge in [0.15, 0.2) is 24.7 Å². The summed E-state index contributed by atoms with van der Waals surface area (Å²) in [5.41, 5.74) is 6.54. The number of carbonyl (C=O) groups is 3. The van der Waals surface area contributed by atoms with Crippen LogP contribution in [0.15, 0.2) is 65.2 Å². The quantitative estimate of drug-likeness (QED) is 0.201. The number of β-lactam (4-membered cyclic amide) rings is 1. The average molecular weight is 524 g/mol. The highest BCUT2D eigenvalue weighted by molar-refractivity contribution is 8.00. The van der Waals surface area contributed by atoms with Gasteiger partial charge in [-0.2, -0.15) is 0 Å². The van der Waals surface area contributed by atoms with Crippen LogP contribution in [0.5, 0.6) is 0 Å². The molecule has 12 heteroatoms. The highest BCUT2D eigenvalue weighted by Crippen LogP contribution is 2.40. The number of fused-ring (bicyclic) bond motifs is 1. The second-order valence-corrected chi connectivity index (χ2v) is 10.2. The predicted molar refractivity (Wildman–Crippen MR) is 135 cm³/mol. The Morgan fingerprint density at radius 3 is 2.68 bits per heavy atom. The minimum absolute atomic E-state index is 0.0356. The Hall–Kier alpha value is -3.93. The van der Waals surface area contributed by atoms with Crippen molar-refractivity contribution in [1.82, 2.24) is 15.2 Å². The van der Waals surface area contributed by atoms with Crippen LogP contribution in [-0.4, -0.2) is 61.8 Å². The molecule has 5 rings (SSSR count). The molecule has 2 atom stereocenters. The van der Waals surface area contributed by atoms with Gasteiger partial charge in [-0.25, -0.2) is 14.3 Å². The van der Waals surface area contributed by atoms with E-state index < -0.39 is 29.2 Å². The molecular formula is C25H27N6O5S+. The fraction of sp³-hybridized carbons (Fsp3) is 0.360. The highest BCUT2D eigenvalue weighted by atomic mass is 32.2. The number of amides is 2. The zero-order valence-electron chi connectivity index (χ0n) is 19.9. The largest absolute Gasteiger partial charge is 0.477 e. The lowest BCUT2D eigenvalue weighted by molar-refractivity contribution is -0.689. The Kier molecular flexibility index (Phi) is 7.08. The molecule has 2 aromatic rings. The van der Waals surface area contributed by atoms with E-state index in [-0.39, 0.29) is 29.0 Å². The van der Waals surface area contributed by atoms with Gasteiger partial charge < -0.3 is 21.0 Å². The molecule has 11 nitrogen and oxygen atoms in total. The van der Waals surface area contributed by atoms with Crippen molar-refractivity contribution < 1.29 is 28.9 Å². The molecular weight excluding hydrogens is 496 g/mol. The van der Waals surface area contributed by atoms with Crippen LogP contribution >= 0.6 is 11.8 Å². The number of carbonyl (C=O) groups excluding carboxylic acids is 2.